The van der Waals surface area contributed by atoms with Crippen molar-refractivity contribution in [2.24, 2.45) is 0 Å². The highest BCUT2D eigenvalue weighted by Gasteiger charge is 2.29. The van der Waals surface area contributed by atoms with Gasteiger partial charge in [0.25, 0.3) is 0 Å². The predicted octanol–water partition coefficient (Wildman–Crippen LogP) is 1.71. The lowest BCUT2D eigenvalue weighted by Crippen LogP contribution is -2.48. The first-order valence-corrected chi connectivity index (χ1v) is 6.67. The Hall–Kier alpha value is -1.85. The molecule has 19 heavy (non-hydrogen) atoms. The summed E-state index contributed by atoms with van der Waals surface area (Å²) in [5, 5.41) is 6.11. The fraction of sp³-hybridized carbons (Fsp3) is 0.615. The molecule has 0 bridgehead atoms. The number of carbonyl (C=O) groups excluding carboxylic acids is 2. The molecule has 0 spiro atoms. The Morgan fingerprint density at radius 3 is 2.95 bits per heavy atom. The van der Waals surface area contributed by atoms with Crippen LogP contribution in [0, 0.1) is 6.92 Å². The summed E-state index contributed by atoms with van der Waals surface area (Å²) in [6, 6.07) is 1.75. The number of aromatic nitrogens is 1. The van der Waals surface area contributed by atoms with Gasteiger partial charge in [-0.05, 0) is 32.6 Å². The predicted molar refractivity (Wildman–Crippen MR) is 69.5 cm³/mol. The molecule has 1 aromatic heterocycles. The van der Waals surface area contributed by atoms with Crippen LogP contribution in [0.5, 0.6) is 0 Å². The zero-order valence-corrected chi connectivity index (χ0v) is 11.3. The second-order valence-corrected chi connectivity index (χ2v) is 4.83. The molecule has 1 saturated heterocycles. The Balaban J connectivity index is 1.99. The van der Waals surface area contributed by atoms with Crippen LogP contribution < -0.4 is 5.32 Å². The monoisotopic (exact) mass is 265 g/mol. The largest absolute Gasteiger partial charge is 0.360 e. The van der Waals surface area contributed by atoms with E-state index in [-0.39, 0.29) is 11.9 Å². The van der Waals surface area contributed by atoms with Crippen molar-refractivity contribution in [3.05, 3.63) is 11.8 Å². The van der Waals surface area contributed by atoms with Crippen LogP contribution in [-0.4, -0.2) is 34.5 Å². The van der Waals surface area contributed by atoms with Gasteiger partial charge in [-0.15, -0.1) is 0 Å². The van der Waals surface area contributed by atoms with Crippen LogP contribution in [0.25, 0.3) is 0 Å². The fourth-order valence-electron chi connectivity index (χ4n) is 2.42. The highest BCUT2D eigenvalue weighted by molar-refractivity contribution is 6.39. The molecule has 0 radical (unpaired) electrons. The van der Waals surface area contributed by atoms with Crippen LogP contribution in [0.1, 0.15) is 38.4 Å². The van der Waals surface area contributed by atoms with E-state index in [9.17, 15) is 9.59 Å². The Bertz CT molecular complexity index is 469. The molecular formula is C13H19N3O3. The van der Waals surface area contributed by atoms with E-state index in [4.69, 9.17) is 4.52 Å². The van der Waals surface area contributed by atoms with Gasteiger partial charge in [0.2, 0.25) is 0 Å². The number of nitrogens with zero attached hydrogens (tertiary/aromatic N) is 2. The molecule has 2 amide bonds. The Labute approximate surface area is 112 Å². The smallest absolute Gasteiger partial charge is 0.315 e. The SMILES string of the molecule is CCC1CCCCN1C(=O)C(=O)Nc1cc(C)on1. The third-order valence-electron chi connectivity index (χ3n) is 3.42. The van der Waals surface area contributed by atoms with Crippen LogP contribution in [0.2, 0.25) is 0 Å². The van der Waals surface area contributed by atoms with Gasteiger partial charge in [0.05, 0.1) is 0 Å². The third kappa shape index (κ3) is 3.13. The molecule has 104 valence electrons. The number of rotatable bonds is 2. The standard InChI is InChI=1S/C13H19N3O3/c1-3-10-6-4-5-7-16(10)13(18)12(17)14-11-8-9(2)19-15-11/h8,10H,3-7H2,1-2H3,(H,14,15,17). The number of amides is 2. The molecular weight excluding hydrogens is 246 g/mol. The molecule has 2 rings (SSSR count). The molecule has 6 nitrogen and oxygen atoms in total. The molecule has 0 aliphatic carbocycles. The topological polar surface area (TPSA) is 75.4 Å². The first kappa shape index (κ1) is 13.6. The van der Waals surface area contributed by atoms with E-state index in [1.807, 2.05) is 6.92 Å². The number of anilines is 1. The van der Waals surface area contributed by atoms with Crippen LogP contribution in [0.4, 0.5) is 5.82 Å². The summed E-state index contributed by atoms with van der Waals surface area (Å²) < 4.78 is 4.84. The molecule has 0 saturated carbocycles. The molecule has 1 atom stereocenters. The Morgan fingerprint density at radius 1 is 1.53 bits per heavy atom. The van der Waals surface area contributed by atoms with Crippen LogP contribution in [0.3, 0.4) is 0 Å². The van der Waals surface area contributed by atoms with Crippen LogP contribution in [0.15, 0.2) is 10.6 Å². The maximum Gasteiger partial charge on any atom is 0.315 e. The van der Waals surface area contributed by atoms with Crippen molar-refractivity contribution in [2.75, 3.05) is 11.9 Å². The summed E-state index contributed by atoms with van der Waals surface area (Å²) in [5.41, 5.74) is 0. The molecule has 1 N–H and O–H groups in total. The molecule has 6 heteroatoms. The van der Waals surface area contributed by atoms with Gasteiger partial charge < -0.3 is 9.42 Å². The van der Waals surface area contributed by atoms with Gasteiger partial charge in [0, 0.05) is 18.7 Å². The lowest BCUT2D eigenvalue weighted by Gasteiger charge is -2.34. The van der Waals surface area contributed by atoms with Crippen molar-refractivity contribution in [1.29, 1.82) is 0 Å². The minimum absolute atomic E-state index is 0.172. The number of carbonyl (C=O) groups is 2. The highest BCUT2D eigenvalue weighted by Crippen LogP contribution is 2.19. The zero-order valence-electron chi connectivity index (χ0n) is 11.3. The minimum atomic E-state index is -0.645. The van der Waals surface area contributed by atoms with E-state index in [1.54, 1.807) is 17.9 Å². The van der Waals surface area contributed by atoms with E-state index in [0.29, 0.717) is 12.3 Å². The first-order valence-electron chi connectivity index (χ1n) is 6.67. The quantitative estimate of drug-likeness (QED) is 0.826. The van der Waals surface area contributed by atoms with Crippen molar-refractivity contribution >= 4 is 17.6 Å². The van der Waals surface area contributed by atoms with Gasteiger partial charge in [-0.2, -0.15) is 0 Å². The van der Waals surface area contributed by atoms with Crippen molar-refractivity contribution < 1.29 is 14.1 Å². The lowest BCUT2D eigenvalue weighted by molar-refractivity contribution is -0.145. The van der Waals surface area contributed by atoms with Crippen LogP contribution in [-0.2, 0) is 9.59 Å². The average Bonchev–Trinajstić information content (AvgIpc) is 2.83. The van der Waals surface area contributed by atoms with E-state index in [1.165, 1.54) is 0 Å². The molecule has 1 aliphatic heterocycles. The van der Waals surface area contributed by atoms with E-state index in [2.05, 4.69) is 10.5 Å². The number of nitrogens with one attached hydrogen (secondary N) is 1. The molecule has 1 fully saturated rings. The molecule has 1 unspecified atom stereocenters. The average molecular weight is 265 g/mol. The summed E-state index contributed by atoms with van der Waals surface area (Å²) in [6.07, 6.45) is 3.92. The van der Waals surface area contributed by atoms with Gasteiger partial charge >= 0.3 is 11.8 Å². The lowest BCUT2D eigenvalue weighted by atomic mass is 10.00. The second-order valence-electron chi connectivity index (χ2n) is 4.83. The summed E-state index contributed by atoms with van der Waals surface area (Å²) >= 11 is 0. The molecule has 1 aliphatic rings. The summed E-state index contributed by atoms with van der Waals surface area (Å²) in [5.74, 6) is -0.256. The van der Waals surface area contributed by atoms with E-state index in [0.717, 1.165) is 25.7 Å². The molecule has 2 heterocycles. The van der Waals surface area contributed by atoms with E-state index < -0.39 is 11.8 Å². The van der Waals surface area contributed by atoms with Crippen molar-refractivity contribution in [2.45, 2.75) is 45.6 Å². The normalized spacial score (nSPS) is 19.3. The van der Waals surface area contributed by atoms with Crippen LogP contribution >= 0.6 is 0 Å². The van der Waals surface area contributed by atoms with Crippen molar-refractivity contribution in [3.8, 4) is 0 Å². The van der Waals surface area contributed by atoms with Gasteiger partial charge in [0.15, 0.2) is 5.82 Å². The Morgan fingerprint density at radius 2 is 2.32 bits per heavy atom. The number of likely N-dealkylation sites (tertiary alicyclic amines) is 1. The third-order valence-corrected chi connectivity index (χ3v) is 3.42. The first-order chi connectivity index (χ1) is 9.11. The number of aryl methyl sites for hydroxylation is 1. The van der Waals surface area contributed by atoms with Gasteiger partial charge in [0.1, 0.15) is 5.76 Å². The highest BCUT2D eigenvalue weighted by atomic mass is 16.5. The Kier molecular flexibility index (Phi) is 4.19. The summed E-state index contributed by atoms with van der Waals surface area (Å²) in [4.78, 5) is 25.7. The number of hydrogen-bond donors (Lipinski definition) is 1. The van der Waals surface area contributed by atoms with Crippen molar-refractivity contribution in [3.63, 3.8) is 0 Å². The van der Waals surface area contributed by atoms with Gasteiger partial charge in [-0.25, -0.2) is 0 Å². The van der Waals surface area contributed by atoms with Crippen molar-refractivity contribution in [1.82, 2.24) is 10.1 Å². The zero-order chi connectivity index (χ0) is 13.8. The second kappa shape index (κ2) is 5.86. The maximum atomic E-state index is 12.1. The maximum absolute atomic E-state index is 12.1. The summed E-state index contributed by atoms with van der Waals surface area (Å²) in [6.45, 7) is 4.42. The number of piperidine rings is 1. The summed E-state index contributed by atoms with van der Waals surface area (Å²) in [7, 11) is 0. The fourth-order valence-corrected chi connectivity index (χ4v) is 2.42. The number of hydrogen-bond acceptors (Lipinski definition) is 4. The van der Waals surface area contributed by atoms with Gasteiger partial charge in [-0.1, -0.05) is 12.1 Å². The molecule has 0 aromatic carbocycles. The molecule has 1 aromatic rings. The van der Waals surface area contributed by atoms with Gasteiger partial charge in [-0.3, -0.25) is 14.9 Å². The van der Waals surface area contributed by atoms with E-state index >= 15 is 0 Å². The minimum Gasteiger partial charge on any atom is -0.360 e.